The second kappa shape index (κ2) is 9.26. The van der Waals surface area contributed by atoms with E-state index < -0.39 is 40.7 Å². The summed E-state index contributed by atoms with van der Waals surface area (Å²) in [6, 6.07) is 13.7. The van der Waals surface area contributed by atoms with Crippen molar-refractivity contribution in [3.05, 3.63) is 99.3 Å². The Labute approximate surface area is 195 Å². The zero-order chi connectivity index (χ0) is 24.6. The van der Waals surface area contributed by atoms with Gasteiger partial charge >= 0.3 is 0 Å². The van der Waals surface area contributed by atoms with Crippen LogP contribution in [0.2, 0.25) is 5.02 Å². The van der Waals surface area contributed by atoms with Crippen molar-refractivity contribution in [1.82, 2.24) is 0 Å². The van der Waals surface area contributed by atoms with Crippen LogP contribution < -0.4 is 9.75 Å². The minimum absolute atomic E-state index is 0.0352. The second-order valence-electron chi connectivity index (χ2n) is 7.23. The Balaban J connectivity index is 1.55. The number of ether oxygens (including phenoxy) is 1. The van der Waals surface area contributed by atoms with Gasteiger partial charge in [-0.05, 0) is 36.8 Å². The van der Waals surface area contributed by atoms with Crippen molar-refractivity contribution < 1.29 is 31.5 Å². The lowest BCUT2D eigenvalue weighted by Gasteiger charge is -2.15. The van der Waals surface area contributed by atoms with Gasteiger partial charge in [-0.25, -0.2) is 22.0 Å². The van der Waals surface area contributed by atoms with Gasteiger partial charge in [0.15, 0.2) is 23.3 Å². The average Bonchev–Trinajstić information content (AvgIpc) is 3.10. The summed E-state index contributed by atoms with van der Waals surface area (Å²) in [7, 11) is 0. The molecule has 0 aliphatic carbocycles. The third kappa shape index (κ3) is 4.26. The Hall–Kier alpha value is -3.72. The highest BCUT2D eigenvalue weighted by Crippen LogP contribution is 2.34. The van der Waals surface area contributed by atoms with Gasteiger partial charge in [-0.15, -0.1) is 0 Å². The molecule has 174 valence electrons. The molecule has 0 bridgehead atoms. The second-order valence-corrected chi connectivity index (χ2v) is 7.64. The van der Waals surface area contributed by atoms with E-state index in [4.69, 9.17) is 16.3 Å². The van der Waals surface area contributed by atoms with E-state index in [1.54, 1.807) is 36.4 Å². The van der Waals surface area contributed by atoms with Crippen molar-refractivity contribution in [3.63, 3.8) is 0 Å². The first kappa shape index (κ1) is 23.4. The first-order valence-corrected chi connectivity index (χ1v) is 10.2. The van der Waals surface area contributed by atoms with Crippen molar-refractivity contribution in [2.75, 3.05) is 5.01 Å². The predicted molar refractivity (Wildman–Crippen MR) is 117 cm³/mol. The molecule has 1 amide bonds. The Morgan fingerprint density at radius 1 is 0.912 bits per heavy atom. The van der Waals surface area contributed by atoms with Gasteiger partial charge in [0.25, 0.3) is 5.91 Å². The van der Waals surface area contributed by atoms with E-state index in [9.17, 15) is 26.7 Å². The van der Waals surface area contributed by atoms with E-state index in [1.807, 2.05) is 12.1 Å². The van der Waals surface area contributed by atoms with E-state index in [2.05, 4.69) is 5.10 Å². The summed E-state index contributed by atoms with van der Waals surface area (Å²) in [5.41, 5.74) is -0.164. The summed E-state index contributed by atoms with van der Waals surface area (Å²) >= 11 is 6.10. The van der Waals surface area contributed by atoms with Gasteiger partial charge in [-0.1, -0.05) is 41.9 Å². The van der Waals surface area contributed by atoms with Gasteiger partial charge in [0, 0.05) is 10.6 Å². The lowest BCUT2D eigenvalue weighted by Crippen LogP contribution is -2.25. The SMILES string of the molecule is CC1=NN(c2c(F)c(F)c(F)c(F)c2F)C(=O)/C1=C/c1ccc(OCc2ccccc2Cl)cc1. The van der Waals surface area contributed by atoms with Gasteiger partial charge < -0.3 is 4.74 Å². The Bertz CT molecular complexity index is 1330. The van der Waals surface area contributed by atoms with Crippen LogP contribution in [0, 0.1) is 29.1 Å². The molecule has 0 radical (unpaired) electrons. The monoisotopic (exact) mass is 492 g/mol. The maximum atomic E-state index is 14.1. The first-order valence-electron chi connectivity index (χ1n) is 9.78. The van der Waals surface area contributed by atoms with Gasteiger partial charge in [-0.3, -0.25) is 4.79 Å². The van der Waals surface area contributed by atoms with E-state index in [0.717, 1.165) is 5.56 Å². The molecular weight excluding hydrogens is 479 g/mol. The minimum atomic E-state index is -2.32. The van der Waals surface area contributed by atoms with Crippen molar-refractivity contribution in [2.45, 2.75) is 13.5 Å². The molecule has 0 unspecified atom stereocenters. The van der Waals surface area contributed by atoms with Crippen LogP contribution in [0.3, 0.4) is 0 Å². The number of carbonyl (C=O) groups excluding carboxylic acids is 1. The van der Waals surface area contributed by atoms with Gasteiger partial charge in [0.2, 0.25) is 5.82 Å². The zero-order valence-electron chi connectivity index (χ0n) is 17.4. The molecule has 3 aromatic carbocycles. The summed E-state index contributed by atoms with van der Waals surface area (Å²) in [5, 5.41) is 4.43. The first-order chi connectivity index (χ1) is 16.2. The normalized spacial score (nSPS) is 14.7. The van der Waals surface area contributed by atoms with Crippen molar-refractivity contribution >= 4 is 35.0 Å². The summed E-state index contributed by atoms with van der Waals surface area (Å²) in [6.07, 6.45) is 1.38. The van der Waals surface area contributed by atoms with Crippen LogP contribution in [0.5, 0.6) is 5.75 Å². The van der Waals surface area contributed by atoms with Crippen LogP contribution in [0.15, 0.2) is 59.2 Å². The highest BCUT2D eigenvalue weighted by atomic mass is 35.5. The number of amides is 1. The lowest BCUT2D eigenvalue weighted by molar-refractivity contribution is -0.114. The van der Waals surface area contributed by atoms with Crippen LogP contribution in [-0.4, -0.2) is 11.6 Å². The number of benzene rings is 3. The van der Waals surface area contributed by atoms with E-state index in [-0.39, 0.29) is 22.9 Å². The summed E-state index contributed by atoms with van der Waals surface area (Å²) in [6.45, 7) is 1.61. The number of hydrogen-bond donors (Lipinski definition) is 0. The molecule has 0 fully saturated rings. The fourth-order valence-electron chi connectivity index (χ4n) is 3.22. The van der Waals surface area contributed by atoms with Gasteiger partial charge in [-0.2, -0.15) is 10.1 Å². The minimum Gasteiger partial charge on any atom is -0.489 e. The molecular formula is C24H14ClF5N2O2. The molecule has 0 N–H and O–H groups in total. The maximum absolute atomic E-state index is 14.1. The molecule has 4 rings (SSSR count). The van der Waals surface area contributed by atoms with E-state index in [1.165, 1.54) is 13.0 Å². The molecule has 0 atom stereocenters. The molecule has 10 heteroatoms. The summed E-state index contributed by atoms with van der Waals surface area (Å²) < 4.78 is 74.5. The average molecular weight is 493 g/mol. The molecule has 0 saturated heterocycles. The topological polar surface area (TPSA) is 41.9 Å². The third-order valence-electron chi connectivity index (χ3n) is 5.00. The zero-order valence-corrected chi connectivity index (χ0v) is 18.1. The molecule has 34 heavy (non-hydrogen) atoms. The highest BCUT2D eigenvalue weighted by Gasteiger charge is 2.36. The molecule has 3 aromatic rings. The predicted octanol–water partition coefficient (Wildman–Crippen LogP) is 6.42. The highest BCUT2D eigenvalue weighted by molar-refractivity contribution is 6.32. The standard InChI is InChI=1S/C24H14ClF5N2O2/c1-12-16(24(33)32(31-12)23-21(29)19(27)18(26)20(28)22(23)30)10-13-6-8-15(9-7-13)34-11-14-4-2-3-5-17(14)25/h2-10H,11H2,1H3/b16-10+. The summed E-state index contributed by atoms with van der Waals surface area (Å²) in [5.74, 6) is -11.5. The van der Waals surface area contributed by atoms with Crippen LogP contribution in [0.4, 0.5) is 27.6 Å². The van der Waals surface area contributed by atoms with Crippen LogP contribution in [0.25, 0.3) is 6.08 Å². The number of rotatable bonds is 5. The molecule has 0 spiro atoms. The Kier molecular flexibility index (Phi) is 6.39. The molecule has 1 aliphatic rings. The number of hydrogen-bond acceptors (Lipinski definition) is 3. The third-order valence-corrected chi connectivity index (χ3v) is 5.37. The number of carbonyl (C=O) groups is 1. The Morgan fingerprint density at radius 3 is 2.12 bits per heavy atom. The fourth-order valence-corrected chi connectivity index (χ4v) is 3.41. The summed E-state index contributed by atoms with van der Waals surface area (Å²) in [4.78, 5) is 12.7. The van der Waals surface area contributed by atoms with Crippen molar-refractivity contribution in [1.29, 1.82) is 0 Å². The maximum Gasteiger partial charge on any atom is 0.280 e. The largest absolute Gasteiger partial charge is 0.489 e. The number of hydrazone groups is 1. The van der Waals surface area contributed by atoms with Gasteiger partial charge in [0.1, 0.15) is 18.0 Å². The molecule has 0 aromatic heterocycles. The van der Waals surface area contributed by atoms with Crippen LogP contribution >= 0.6 is 11.6 Å². The van der Waals surface area contributed by atoms with Crippen molar-refractivity contribution in [3.8, 4) is 5.75 Å². The Morgan fingerprint density at radius 2 is 1.50 bits per heavy atom. The number of nitrogens with zero attached hydrogens (tertiary/aromatic N) is 2. The van der Waals surface area contributed by atoms with Crippen molar-refractivity contribution in [2.24, 2.45) is 5.10 Å². The molecule has 1 heterocycles. The fraction of sp³-hybridized carbons (Fsp3) is 0.0833. The van der Waals surface area contributed by atoms with E-state index in [0.29, 0.717) is 16.3 Å². The quantitative estimate of drug-likeness (QED) is 0.178. The molecule has 4 nitrogen and oxygen atoms in total. The van der Waals surface area contributed by atoms with Gasteiger partial charge in [0.05, 0.1) is 11.3 Å². The molecule has 0 saturated carbocycles. The number of halogens is 6. The van der Waals surface area contributed by atoms with Crippen LogP contribution in [-0.2, 0) is 11.4 Å². The molecule has 1 aliphatic heterocycles. The number of anilines is 1. The van der Waals surface area contributed by atoms with Crippen LogP contribution in [0.1, 0.15) is 18.1 Å². The van der Waals surface area contributed by atoms with E-state index >= 15 is 0 Å². The lowest BCUT2D eigenvalue weighted by atomic mass is 10.1. The smallest absolute Gasteiger partial charge is 0.280 e.